The molecule has 0 radical (unpaired) electrons. The standard InChI is InChI=1S/C16H14BrNOS/c1-19-14-7-6-12(10-4-2-3-5-11(10)14)15(18)16-13(17)8-9-20-16/h2-9,15H,18H2,1H3. The molecule has 0 saturated heterocycles. The minimum atomic E-state index is -0.139. The second-order valence-electron chi connectivity index (χ2n) is 4.51. The average Bonchev–Trinajstić information content (AvgIpc) is 2.91. The molecule has 3 rings (SSSR count). The van der Waals surface area contributed by atoms with Crippen LogP contribution in [0.25, 0.3) is 10.8 Å². The predicted molar refractivity (Wildman–Crippen MR) is 88.5 cm³/mol. The molecule has 0 spiro atoms. The zero-order valence-corrected chi connectivity index (χ0v) is 13.4. The van der Waals surface area contributed by atoms with Crippen LogP contribution in [0.15, 0.2) is 52.3 Å². The Morgan fingerprint density at radius 2 is 1.85 bits per heavy atom. The zero-order valence-electron chi connectivity index (χ0n) is 11.0. The quantitative estimate of drug-likeness (QED) is 0.743. The molecular weight excluding hydrogens is 334 g/mol. The Balaban J connectivity index is 2.20. The summed E-state index contributed by atoms with van der Waals surface area (Å²) in [5.74, 6) is 0.877. The van der Waals surface area contributed by atoms with Crippen molar-refractivity contribution in [3.63, 3.8) is 0 Å². The van der Waals surface area contributed by atoms with E-state index in [2.05, 4.69) is 34.1 Å². The Kier molecular flexibility index (Phi) is 3.78. The van der Waals surface area contributed by atoms with Crippen molar-refractivity contribution in [3.05, 3.63) is 62.8 Å². The first kappa shape index (κ1) is 13.6. The molecule has 0 aliphatic carbocycles. The summed E-state index contributed by atoms with van der Waals surface area (Å²) in [5.41, 5.74) is 7.57. The van der Waals surface area contributed by atoms with Gasteiger partial charge in [0, 0.05) is 14.7 Å². The van der Waals surface area contributed by atoms with E-state index < -0.39 is 0 Å². The van der Waals surface area contributed by atoms with Gasteiger partial charge in [0.2, 0.25) is 0 Å². The molecule has 2 aromatic carbocycles. The highest BCUT2D eigenvalue weighted by atomic mass is 79.9. The van der Waals surface area contributed by atoms with Crippen LogP contribution in [0.2, 0.25) is 0 Å². The van der Waals surface area contributed by atoms with Gasteiger partial charge in [0.1, 0.15) is 5.75 Å². The highest BCUT2D eigenvalue weighted by Gasteiger charge is 2.17. The molecule has 4 heteroatoms. The van der Waals surface area contributed by atoms with E-state index in [9.17, 15) is 0 Å². The molecule has 0 saturated carbocycles. The van der Waals surface area contributed by atoms with Crippen LogP contribution in [0.4, 0.5) is 0 Å². The maximum Gasteiger partial charge on any atom is 0.126 e. The second-order valence-corrected chi connectivity index (χ2v) is 6.32. The number of fused-ring (bicyclic) bond motifs is 1. The lowest BCUT2D eigenvalue weighted by atomic mass is 9.97. The Morgan fingerprint density at radius 1 is 1.10 bits per heavy atom. The van der Waals surface area contributed by atoms with Crippen molar-refractivity contribution in [2.45, 2.75) is 6.04 Å². The predicted octanol–water partition coefficient (Wildman–Crippen LogP) is 4.72. The van der Waals surface area contributed by atoms with Gasteiger partial charge in [0.15, 0.2) is 0 Å². The van der Waals surface area contributed by atoms with E-state index in [0.29, 0.717) is 0 Å². The van der Waals surface area contributed by atoms with Crippen molar-refractivity contribution in [1.29, 1.82) is 0 Å². The highest BCUT2D eigenvalue weighted by molar-refractivity contribution is 9.10. The first-order valence-electron chi connectivity index (χ1n) is 6.26. The van der Waals surface area contributed by atoms with Crippen molar-refractivity contribution in [1.82, 2.24) is 0 Å². The molecule has 0 bridgehead atoms. The molecule has 1 heterocycles. The van der Waals surface area contributed by atoms with Gasteiger partial charge in [-0.2, -0.15) is 0 Å². The molecule has 20 heavy (non-hydrogen) atoms. The van der Waals surface area contributed by atoms with Crippen LogP contribution in [0.3, 0.4) is 0 Å². The lowest BCUT2D eigenvalue weighted by Gasteiger charge is -2.16. The lowest BCUT2D eigenvalue weighted by Crippen LogP contribution is -2.11. The van der Waals surface area contributed by atoms with Crippen LogP contribution in [0.1, 0.15) is 16.5 Å². The monoisotopic (exact) mass is 347 g/mol. The number of benzene rings is 2. The minimum absolute atomic E-state index is 0.139. The molecule has 2 N–H and O–H groups in total. The van der Waals surface area contributed by atoms with E-state index in [1.54, 1.807) is 18.4 Å². The van der Waals surface area contributed by atoms with Gasteiger partial charge >= 0.3 is 0 Å². The van der Waals surface area contributed by atoms with Gasteiger partial charge in [-0.15, -0.1) is 11.3 Å². The van der Waals surface area contributed by atoms with Crippen LogP contribution >= 0.6 is 27.3 Å². The molecule has 0 fully saturated rings. The third-order valence-corrected chi connectivity index (χ3v) is 5.35. The smallest absolute Gasteiger partial charge is 0.126 e. The van der Waals surface area contributed by atoms with Crippen LogP contribution in [0.5, 0.6) is 5.75 Å². The fraction of sp³-hybridized carbons (Fsp3) is 0.125. The summed E-state index contributed by atoms with van der Waals surface area (Å²) in [6.45, 7) is 0. The van der Waals surface area contributed by atoms with Crippen molar-refractivity contribution in [2.75, 3.05) is 7.11 Å². The van der Waals surface area contributed by atoms with Gasteiger partial charge in [0.05, 0.1) is 13.2 Å². The maximum atomic E-state index is 6.46. The first-order valence-corrected chi connectivity index (χ1v) is 7.93. The lowest BCUT2D eigenvalue weighted by molar-refractivity contribution is 0.419. The van der Waals surface area contributed by atoms with Gasteiger partial charge in [-0.3, -0.25) is 0 Å². The third kappa shape index (κ3) is 2.24. The molecule has 1 atom stereocenters. The number of hydrogen-bond donors (Lipinski definition) is 1. The molecule has 0 amide bonds. The number of rotatable bonds is 3. The average molecular weight is 348 g/mol. The van der Waals surface area contributed by atoms with E-state index in [1.807, 2.05) is 29.6 Å². The fourth-order valence-electron chi connectivity index (χ4n) is 2.41. The summed E-state index contributed by atoms with van der Waals surface area (Å²) >= 11 is 5.23. The molecule has 0 aliphatic heterocycles. The van der Waals surface area contributed by atoms with Crippen LogP contribution in [-0.4, -0.2) is 7.11 Å². The van der Waals surface area contributed by atoms with Gasteiger partial charge in [-0.1, -0.05) is 30.3 Å². The van der Waals surface area contributed by atoms with Crippen molar-refractivity contribution in [2.24, 2.45) is 5.73 Å². The molecule has 102 valence electrons. The summed E-state index contributed by atoms with van der Waals surface area (Å²) < 4.78 is 6.49. The normalized spacial score (nSPS) is 12.6. The summed E-state index contributed by atoms with van der Waals surface area (Å²) in [6.07, 6.45) is 0. The zero-order chi connectivity index (χ0) is 14.1. The van der Waals surface area contributed by atoms with Crippen LogP contribution < -0.4 is 10.5 Å². The number of ether oxygens (including phenoxy) is 1. The highest BCUT2D eigenvalue weighted by Crippen LogP contribution is 2.37. The first-order chi connectivity index (χ1) is 9.72. The van der Waals surface area contributed by atoms with Crippen LogP contribution in [0, 0.1) is 0 Å². The SMILES string of the molecule is COc1ccc(C(N)c2sccc2Br)c2ccccc12. The summed E-state index contributed by atoms with van der Waals surface area (Å²) in [7, 11) is 1.69. The third-order valence-electron chi connectivity index (χ3n) is 3.40. The second kappa shape index (κ2) is 5.56. The minimum Gasteiger partial charge on any atom is -0.496 e. The number of nitrogens with two attached hydrogens (primary N) is 1. The van der Waals surface area contributed by atoms with Crippen molar-refractivity contribution in [3.8, 4) is 5.75 Å². The largest absolute Gasteiger partial charge is 0.496 e. The van der Waals surface area contributed by atoms with Crippen LogP contribution in [-0.2, 0) is 0 Å². The topological polar surface area (TPSA) is 35.2 Å². The van der Waals surface area contributed by atoms with Crippen molar-refractivity contribution >= 4 is 38.0 Å². The molecular formula is C16H14BrNOS. The fourth-order valence-corrected chi connectivity index (χ4v) is 4.05. The Hall–Kier alpha value is -1.36. The Labute approximate surface area is 130 Å². The molecule has 0 aliphatic rings. The Morgan fingerprint density at radius 3 is 2.50 bits per heavy atom. The number of methoxy groups -OCH3 is 1. The van der Waals surface area contributed by atoms with E-state index in [0.717, 1.165) is 31.4 Å². The van der Waals surface area contributed by atoms with E-state index in [4.69, 9.17) is 10.5 Å². The van der Waals surface area contributed by atoms with E-state index in [1.165, 1.54) is 0 Å². The molecule has 2 nitrogen and oxygen atoms in total. The molecule has 1 aromatic heterocycles. The summed E-state index contributed by atoms with van der Waals surface area (Å²) in [6, 6.07) is 14.1. The van der Waals surface area contributed by atoms with Gasteiger partial charge in [-0.25, -0.2) is 0 Å². The van der Waals surface area contributed by atoms with Gasteiger partial charge in [0.25, 0.3) is 0 Å². The van der Waals surface area contributed by atoms with Crippen molar-refractivity contribution < 1.29 is 4.74 Å². The summed E-state index contributed by atoms with van der Waals surface area (Å²) in [5, 5.41) is 4.28. The molecule has 3 aromatic rings. The number of halogens is 1. The van der Waals surface area contributed by atoms with E-state index >= 15 is 0 Å². The molecule has 1 unspecified atom stereocenters. The maximum absolute atomic E-state index is 6.46. The van der Waals surface area contributed by atoms with Gasteiger partial charge < -0.3 is 10.5 Å². The Bertz CT molecular complexity index is 753. The van der Waals surface area contributed by atoms with E-state index in [-0.39, 0.29) is 6.04 Å². The number of thiophene rings is 1. The number of hydrogen-bond acceptors (Lipinski definition) is 3. The van der Waals surface area contributed by atoms with Gasteiger partial charge in [-0.05, 0) is 44.4 Å². The summed E-state index contributed by atoms with van der Waals surface area (Å²) in [4.78, 5) is 1.14.